The van der Waals surface area contributed by atoms with Crippen molar-refractivity contribution in [3.05, 3.63) is 0 Å². The maximum absolute atomic E-state index is 12.5. The summed E-state index contributed by atoms with van der Waals surface area (Å²) < 4.78 is 4.95. The second-order valence-electron chi connectivity index (χ2n) is 5.62. The van der Waals surface area contributed by atoms with Crippen molar-refractivity contribution in [3.63, 3.8) is 0 Å². The van der Waals surface area contributed by atoms with Crippen molar-refractivity contribution in [1.82, 2.24) is 9.80 Å². The molecule has 0 bridgehead atoms. The lowest BCUT2D eigenvalue weighted by molar-refractivity contribution is -0.153. The number of nitrogens with zero attached hydrogens (tertiary/aromatic N) is 2. The summed E-state index contributed by atoms with van der Waals surface area (Å²) in [5, 5.41) is 9.23. The zero-order chi connectivity index (χ0) is 15.4. The minimum Gasteiger partial charge on any atom is -0.480 e. The first-order valence-corrected chi connectivity index (χ1v) is 7.34. The average molecular weight is 298 g/mol. The molecule has 2 unspecified atom stereocenters. The number of carboxylic acid groups (broad SMARTS) is 1. The van der Waals surface area contributed by atoms with E-state index < -0.39 is 17.9 Å². The van der Waals surface area contributed by atoms with Crippen LogP contribution in [0.2, 0.25) is 0 Å². The summed E-state index contributed by atoms with van der Waals surface area (Å²) in [6.07, 6.45) is 2.31. The Hall–Kier alpha value is -1.63. The SMILES string of the molecule is COCCN1CC(C(=O)N2CCCCC2C(=O)O)CC1=O. The molecule has 2 heterocycles. The highest BCUT2D eigenvalue weighted by Crippen LogP contribution is 2.25. The van der Waals surface area contributed by atoms with E-state index in [9.17, 15) is 19.5 Å². The van der Waals surface area contributed by atoms with Crippen LogP contribution in [0.15, 0.2) is 0 Å². The van der Waals surface area contributed by atoms with Crippen LogP contribution in [0.25, 0.3) is 0 Å². The Morgan fingerprint density at radius 1 is 1.38 bits per heavy atom. The molecule has 7 nitrogen and oxygen atoms in total. The Morgan fingerprint density at radius 3 is 2.81 bits per heavy atom. The Balaban J connectivity index is 1.99. The fraction of sp³-hybridized carbons (Fsp3) is 0.786. The molecule has 7 heteroatoms. The second kappa shape index (κ2) is 6.89. The van der Waals surface area contributed by atoms with Gasteiger partial charge in [-0.15, -0.1) is 0 Å². The van der Waals surface area contributed by atoms with E-state index in [4.69, 9.17) is 4.74 Å². The van der Waals surface area contributed by atoms with Crippen LogP contribution in [0.1, 0.15) is 25.7 Å². The van der Waals surface area contributed by atoms with Crippen molar-refractivity contribution in [2.45, 2.75) is 31.7 Å². The lowest BCUT2D eigenvalue weighted by Crippen LogP contribution is -2.50. The molecule has 0 aromatic rings. The van der Waals surface area contributed by atoms with Gasteiger partial charge in [-0.1, -0.05) is 0 Å². The third-order valence-corrected chi connectivity index (χ3v) is 4.20. The molecule has 0 aliphatic carbocycles. The maximum Gasteiger partial charge on any atom is 0.326 e. The molecule has 1 N–H and O–H groups in total. The fourth-order valence-electron chi connectivity index (χ4n) is 3.04. The number of carbonyl (C=O) groups is 3. The fourth-order valence-corrected chi connectivity index (χ4v) is 3.04. The molecule has 0 aromatic carbocycles. The van der Waals surface area contributed by atoms with Crippen LogP contribution < -0.4 is 0 Å². The average Bonchev–Trinajstić information content (AvgIpc) is 2.85. The number of rotatable bonds is 5. The molecule has 0 radical (unpaired) electrons. The molecule has 0 aromatic heterocycles. The van der Waals surface area contributed by atoms with Crippen LogP contribution in [-0.4, -0.2) is 72.1 Å². The van der Waals surface area contributed by atoms with Crippen molar-refractivity contribution >= 4 is 17.8 Å². The third kappa shape index (κ3) is 3.53. The van der Waals surface area contributed by atoms with Crippen LogP contribution in [-0.2, 0) is 19.1 Å². The number of hydrogen-bond acceptors (Lipinski definition) is 4. The topological polar surface area (TPSA) is 87.2 Å². The highest BCUT2D eigenvalue weighted by atomic mass is 16.5. The quantitative estimate of drug-likeness (QED) is 0.769. The van der Waals surface area contributed by atoms with Gasteiger partial charge >= 0.3 is 5.97 Å². The summed E-state index contributed by atoms with van der Waals surface area (Å²) in [6, 6.07) is -0.741. The summed E-state index contributed by atoms with van der Waals surface area (Å²) in [7, 11) is 1.56. The first-order valence-electron chi connectivity index (χ1n) is 7.34. The monoisotopic (exact) mass is 298 g/mol. The van der Waals surface area contributed by atoms with E-state index in [1.54, 1.807) is 12.0 Å². The number of carbonyl (C=O) groups excluding carboxylic acids is 2. The van der Waals surface area contributed by atoms with Gasteiger partial charge in [0.1, 0.15) is 6.04 Å². The highest BCUT2D eigenvalue weighted by Gasteiger charge is 2.40. The van der Waals surface area contributed by atoms with Gasteiger partial charge in [-0.25, -0.2) is 4.79 Å². The van der Waals surface area contributed by atoms with Gasteiger partial charge in [0.2, 0.25) is 11.8 Å². The van der Waals surface area contributed by atoms with Crippen LogP contribution in [0, 0.1) is 5.92 Å². The van der Waals surface area contributed by atoms with E-state index in [1.165, 1.54) is 4.90 Å². The predicted molar refractivity (Wildman–Crippen MR) is 73.6 cm³/mol. The molecule has 2 aliphatic rings. The lowest BCUT2D eigenvalue weighted by atomic mass is 9.98. The van der Waals surface area contributed by atoms with Gasteiger partial charge < -0.3 is 19.6 Å². The van der Waals surface area contributed by atoms with Crippen molar-refractivity contribution in [1.29, 1.82) is 0 Å². The molecule has 2 saturated heterocycles. The normalized spacial score (nSPS) is 26.2. The van der Waals surface area contributed by atoms with Gasteiger partial charge in [0.15, 0.2) is 0 Å². The van der Waals surface area contributed by atoms with E-state index >= 15 is 0 Å². The van der Waals surface area contributed by atoms with Crippen molar-refractivity contribution in [2.75, 3.05) is 33.4 Å². The molecule has 2 rings (SSSR count). The molecule has 2 aliphatic heterocycles. The molecular formula is C14H22N2O5. The van der Waals surface area contributed by atoms with Gasteiger partial charge in [-0.2, -0.15) is 0 Å². The number of piperidine rings is 1. The molecule has 2 fully saturated rings. The molecule has 118 valence electrons. The van der Waals surface area contributed by atoms with Crippen LogP contribution in [0.4, 0.5) is 0 Å². The Bertz CT molecular complexity index is 426. The van der Waals surface area contributed by atoms with Gasteiger partial charge in [0.25, 0.3) is 0 Å². The summed E-state index contributed by atoms with van der Waals surface area (Å²) in [6.45, 7) is 1.75. The Morgan fingerprint density at radius 2 is 2.14 bits per heavy atom. The smallest absolute Gasteiger partial charge is 0.326 e. The molecule has 2 amide bonds. The van der Waals surface area contributed by atoms with E-state index in [2.05, 4.69) is 0 Å². The summed E-state index contributed by atoms with van der Waals surface area (Å²) >= 11 is 0. The first-order chi connectivity index (χ1) is 10.0. The number of likely N-dealkylation sites (tertiary alicyclic amines) is 2. The predicted octanol–water partition coefficient (Wildman–Crippen LogP) is -0.0530. The number of amides is 2. The summed E-state index contributed by atoms with van der Waals surface area (Å²) in [4.78, 5) is 38.7. The maximum atomic E-state index is 12.5. The molecule has 0 spiro atoms. The summed E-state index contributed by atoms with van der Waals surface area (Å²) in [5.41, 5.74) is 0. The zero-order valence-electron chi connectivity index (χ0n) is 12.3. The minimum absolute atomic E-state index is 0.0608. The Labute approximate surface area is 123 Å². The highest BCUT2D eigenvalue weighted by molar-refractivity contribution is 5.91. The van der Waals surface area contributed by atoms with Crippen LogP contribution in [0.5, 0.6) is 0 Å². The van der Waals surface area contributed by atoms with Gasteiger partial charge in [-0.3, -0.25) is 9.59 Å². The second-order valence-corrected chi connectivity index (χ2v) is 5.62. The number of carboxylic acids is 1. The molecule has 0 saturated carbocycles. The molecule has 21 heavy (non-hydrogen) atoms. The molecular weight excluding hydrogens is 276 g/mol. The number of hydrogen-bond donors (Lipinski definition) is 1. The van der Waals surface area contributed by atoms with Gasteiger partial charge in [0.05, 0.1) is 12.5 Å². The largest absolute Gasteiger partial charge is 0.480 e. The van der Waals surface area contributed by atoms with Crippen molar-refractivity contribution < 1.29 is 24.2 Å². The third-order valence-electron chi connectivity index (χ3n) is 4.20. The van der Waals surface area contributed by atoms with Crippen molar-refractivity contribution in [3.8, 4) is 0 Å². The Kier molecular flexibility index (Phi) is 5.17. The standard InChI is InChI=1S/C14H22N2O5/c1-21-7-6-15-9-10(8-12(15)17)13(18)16-5-3-2-4-11(16)14(19)20/h10-11H,2-9H2,1H3,(H,19,20). The van der Waals surface area contributed by atoms with Gasteiger partial charge in [0, 0.05) is 33.2 Å². The number of aliphatic carboxylic acids is 1. The van der Waals surface area contributed by atoms with Crippen LogP contribution in [0.3, 0.4) is 0 Å². The van der Waals surface area contributed by atoms with E-state index in [0.717, 1.165) is 12.8 Å². The van der Waals surface area contributed by atoms with E-state index in [1.807, 2.05) is 0 Å². The van der Waals surface area contributed by atoms with E-state index in [-0.39, 0.29) is 18.2 Å². The van der Waals surface area contributed by atoms with E-state index in [0.29, 0.717) is 32.7 Å². The summed E-state index contributed by atoms with van der Waals surface area (Å²) in [5.74, 6) is -1.64. The van der Waals surface area contributed by atoms with Gasteiger partial charge in [-0.05, 0) is 19.3 Å². The minimum atomic E-state index is -0.955. The lowest BCUT2D eigenvalue weighted by Gasteiger charge is -2.34. The number of ether oxygens (including phenoxy) is 1. The molecule has 2 atom stereocenters. The first kappa shape index (κ1) is 15.8. The zero-order valence-corrected chi connectivity index (χ0v) is 12.3. The van der Waals surface area contributed by atoms with Crippen LogP contribution >= 0.6 is 0 Å². The number of methoxy groups -OCH3 is 1. The van der Waals surface area contributed by atoms with Crippen molar-refractivity contribution in [2.24, 2.45) is 5.92 Å².